The molecule has 0 bridgehead atoms. The van der Waals surface area contributed by atoms with E-state index in [0.717, 1.165) is 5.75 Å². The van der Waals surface area contributed by atoms with Crippen molar-refractivity contribution in [2.45, 2.75) is 16.7 Å². The van der Waals surface area contributed by atoms with Crippen LogP contribution >= 0.6 is 23.4 Å². The first-order chi connectivity index (χ1) is 6.14. The van der Waals surface area contributed by atoms with Gasteiger partial charge in [0.2, 0.25) is 0 Å². The van der Waals surface area contributed by atoms with E-state index >= 15 is 0 Å². The van der Waals surface area contributed by atoms with Crippen molar-refractivity contribution < 1.29 is 0 Å². The summed E-state index contributed by atoms with van der Waals surface area (Å²) in [6.07, 6.45) is 1.78. The summed E-state index contributed by atoms with van der Waals surface area (Å²) in [5, 5.41) is 0. The first-order valence-corrected chi connectivity index (χ1v) is 5.51. The predicted octanol–water partition coefficient (Wildman–Crippen LogP) is 3.96. The molecule has 0 saturated heterocycles. The lowest BCUT2D eigenvalue weighted by Crippen LogP contribution is -2.15. The Balaban J connectivity index is 2.48. The largest absolute Gasteiger partial charge is 0.124 e. The summed E-state index contributed by atoms with van der Waals surface area (Å²) >= 11 is 7.88. The summed E-state index contributed by atoms with van der Waals surface area (Å²) in [4.78, 5) is 0.941. The molecule has 1 rings (SSSR count). The summed E-state index contributed by atoms with van der Waals surface area (Å²) in [6, 6.07) is 10.2. The number of halogens is 1. The van der Waals surface area contributed by atoms with Gasteiger partial charge in [-0.05, 0) is 19.1 Å². The van der Waals surface area contributed by atoms with Gasteiger partial charge in [-0.1, -0.05) is 24.3 Å². The van der Waals surface area contributed by atoms with E-state index in [1.54, 1.807) is 17.8 Å². The molecule has 1 aromatic rings. The van der Waals surface area contributed by atoms with Gasteiger partial charge in [-0.15, -0.1) is 29.9 Å². The van der Waals surface area contributed by atoms with Gasteiger partial charge in [0.1, 0.15) is 0 Å². The number of thioether (sulfide) groups is 1. The average Bonchev–Trinajstić information content (AvgIpc) is 2.17. The molecule has 0 N–H and O–H groups in total. The minimum absolute atomic E-state index is 0.305. The van der Waals surface area contributed by atoms with Crippen LogP contribution in [0.1, 0.15) is 6.92 Å². The number of allylic oxidation sites excluding steroid dienone is 1. The Hall–Kier alpha value is -0.400. The molecule has 0 heterocycles. The summed E-state index contributed by atoms with van der Waals surface area (Å²) in [6.45, 7) is 5.67. The van der Waals surface area contributed by atoms with E-state index in [9.17, 15) is 0 Å². The summed E-state index contributed by atoms with van der Waals surface area (Å²) in [5.41, 5.74) is 0. The van der Waals surface area contributed by atoms with Crippen LogP contribution in [0.5, 0.6) is 0 Å². The quantitative estimate of drug-likeness (QED) is 0.414. The number of benzene rings is 1. The number of hydrogen-bond donors (Lipinski definition) is 0. The molecule has 2 heteroatoms. The van der Waals surface area contributed by atoms with Crippen molar-refractivity contribution in [2.75, 3.05) is 5.75 Å². The average molecular weight is 213 g/mol. The van der Waals surface area contributed by atoms with E-state index in [4.69, 9.17) is 11.6 Å². The van der Waals surface area contributed by atoms with Crippen molar-refractivity contribution in [3.05, 3.63) is 43.0 Å². The topological polar surface area (TPSA) is 0 Å². The third-order valence-corrected chi connectivity index (χ3v) is 3.49. The van der Waals surface area contributed by atoms with Crippen LogP contribution in [0.2, 0.25) is 0 Å². The van der Waals surface area contributed by atoms with E-state index in [0.29, 0.717) is 0 Å². The maximum Gasteiger partial charge on any atom is 0.0688 e. The molecule has 0 aliphatic carbocycles. The zero-order chi connectivity index (χ0) is 9.73. The van der Waals surface area contributed by atoms with Crippen LogP contribution < -0.4 is 0 Å². The monoisotopic (exact) mass is 212 g/mol. The molecular weight excluding hydrogens is 200 g/mol. The first kappa shape index (κ1) is 10.7. The number of hydrogen-bond acceptors (Lipinski definition) is 1. The Morgan fingerprint density at radius 2 is 2.08 bits per heavy atom. The Bertz CT molecular complexity index is 267. The van der Waals surface area contributed by atoms with Crippen LogP contribution in [0.25, 0.3) is 0 Å². The van der Waals surface area contributed by atoms with E-state index in [1.807, 2.05) is 25.1 Å². The lowest BCUT2D eigenvalue weighted by molar-refractivity contribution is 0.900. The van der Waals surface area contributed by atoms with Gasteiger partial charge in [-0.2, -0.15) is 0 Å². The molecule has 70 valence electrons. The highest BCUT2D eigenvalue weighted by atomic mass is 35.5. The molecule has 1 unspecified atom stereocenters. The highest BCUT2D eigenvalue weighted by Gasteiger charge is 2.15. The van der Waals surface area contributed by atoms with Gasteiger partial charge in [0, 0.05) is 10.6 Å². The minimum Gasteiger partial charge on any atom is -0.124 e. The standard InChI is InChI=1S/C11H13ClS/c1-3-11(2,12)9-13-10-7-5-4-6-8-10/h3-8H,1,9H2,2H3. The molecule has 0 aromatic heterocycles. The molecule has 0 nitrogen and oxygen atoms in total. The van der Waals surface area contributed by atoms with Crippen LogP contribution in [0.3, 0.4) is 0 Å². The van der Waals surface area contributed by atoms with Gasteiger partial charge in [0.25, 0.3) is 0 Å². The highest BCUT2D eigenvalue weighted by Crippen LogP contribution is 2.26. The fourth-order valence-electron chi connectivity index (χ4n) is 0.800. The fraction of sp³-hybridized carbons (Fsp3) is 0.273. The molecule has 1 aromatic carbocycles. The summed E-state index contributed by atoms with van der Waals surface area (Å²) in [7, 11) is 0. The van der Waals surface area contributed by atoms with Crippen molar-refractivity contribution >= 4 is 23.4 Å². The smallest absolute Gasteiger partial charge is 0.0688 e. The third-order valence-electron chi connectivity index (χ3n) is 1.69. The molecule has 0 aliphatic heterocycles. The van der Waals surface area contributed by atoms with Gasteiger partial charge in [-0.3, -0.25) is 0 Å². The maximum absolute atomic E-state index is 6.13. The SMILES string of the molecule is C=CC(C)(Cl)CSc1ccccc1. The Morgan fingerprint density at radius 1 is 1.46 bits per heavy atom. The molecule has 13 heavy (non-hydrogen) atoms. The third kappa shape index (κ3) is 3.88. The molecule has 0 amide bonds. The van der Waals surface area contributed by atoms with Crippen LogP contribution in [0.15, 0.2) is 47.9 Å². The van der Waals surface area contributed by atoms with Crippen LogP contribution in [-0.2, 0) is 0 Å². The normalized spacial score (nSPS) is 14.9. The van der Waals surface area contributed by atoms with Gasteiger partial charge < -0.3 is 0 Å². The van der Waals surface area contributed by atoms with Crippen molar-refractivity contribution in [1.29, 1.82) is 0 Å². The Labute approximate surface area is 89.0 Å². The minimum atomic E-state index is -0.305. The predicted molar refractivity (Wildman–Crippen MR) is 61.6 cm³/mol. The van der Waals surface area contributed by atoms with Gasteiger partial charge in [0.05, 0.1) is 4.87 Å². The molecule has 0 fully saturated rings. The zero-order valence-electron chi connectivity index (χ0n) is 7.66. The van der Waals surface area contributed by atoms with Crippen molar-refractivity contribution in [2.24, 2.45) is 0 Å². The maximum atomic E-state index is 6.13. The second-order valence-corrected chi connectivity index (χ2v) is 5.00. The molecule has 0 spiro atoms. The molecule has 0 saturated carbocycles. The molecular formula is C11H13ClS. The fourth-order valence-corrected chi connectivity index (χ4v) is 1.88. The van der Waals surface area contributed by atoms with E-state index < -0.39 is 0 Å². The molecule has 1 atom stereocenters. The van der Waals surface area contributed by atoms with Crippen LogP contribution in [-0.4, -0.2) is 10.6 Å². The van der Waals surface area contributed by atoms with Crippen LogP contribution in [0, 0.1) is 0 Å². The zero-order valence-corrected chi connectivity index (χ0v) is 9.24. The first-order valence-electron chi connectivity index (χ1n) is 4.14. The van der Waals surface area contributed by atoms with Crippen molar-refractivity contribution in [1.82, 2.24) is 0 Å². The van der Waals surface area contributed by atoms with Gasteiger partial charge in [0.15, 0.2) is 0 Å². The van der Waals surface area contributed by atoms with Gasteiger partial charge >= 0.3 is 0 Å². The lowest BCUT2D eigenvalue weighted by atomic mass is 10.2. The van der Waals surface area contributed by atoms with E-state index in [2.05, 4.69) is 18.7 Å². The summed E-state index contributed by atoms with van der Waals surface area (Å²) in [5.74, 6) is 0.849. The van der Waals surface area contributed by atoms with Crippen LogP contribution in [0.4, 0.5) is 0 Å². The molecule has 0 aliphatic rings. The number of rotatable bonds is 4. The molecule has 0 radical (unpaired) electrons. The van der Waals surface area contributed by atoms with E-state index in [-0.39, 0.29) is 4.87 Å². The van der Waals surface area contributed by atoms with Crippen molar-refractivity contribution in [3.63, 3.8) is 0 Å². The highest BCUT2D eigenvalue weighted by molar-refractivity contribution is 7.99. The van der Waals surface area contributed by atoms with Gasteiger partial charge in [-0.25, -0.2) is 0 Å². The van der Waals surface area contributed by atoms with Crippen molar-refractivity contribution in [3.8, 4) is 0 Å². The Morgan fingerprint density at radius 3 is 2.62 bits per heavy atom. The number of alkyl halides is 1. The van der Waals surface area contributed by atoms with E-state index in [1.165, 1.54) is 4.90 Å². The second kappa shape index (κ2) is 4.73. The Kier molecular flexibility index (Phi) is 3.89. The lowest BCUT2D eigenvalue weighted by Gasteiger charge is -2.15. The summed E-state index contributed by atoms with van der Waals surface area (Å²) < 4.78 is 0. The second-order valence-electron chi connectivity index (χ2n) is 3.08.